The van der Waals surface area contributed by atoms with Crippen molar-refractivity contribution in [2.24, 2.45) is 0 Å². The van der Waals surface area contributed by atoms with E-state index in [0.717, 1.165) is 26.2 Å². The first-order valence-corrected chi connectivity index (χ1v) is 10.5. The lowest BCUT2D eigenvalue weighted by Crippen LogP contribution is -2.29. The molecule has 3 aromatic rings. The molecule has 9 heteroatoms. The summed E-state index contributed by atoms with van der Waals surface area (Å²) in [6.07, 6.45) is 2.38. The smallest absolute Gasteiger partial charge is 0.260 e. The average Bonchev–Trinajstić information content (AvgIpc) is 3.35. The molecule has 1 N–H and O–H groups in total. The number of hydrogen-bond donors (Lipinski definition) is 1. The first-order chi connectivity index (χ1) is 15.0. The normalized spacial score (nSPS) is 17.9. The Hall–Kier alpha value is -3.46. The number of para-hydroxylation sites is 1. The van der Waals surface area contributed by atoms with E-state index < -0.39 is 0 Å². The van der Waals surface area contributed by atoms with Crippen molar-refractivity contribution in [3.05, 3.63) is 70.2 Å². The third-order valence-electron chi connectivity index (χ3n) is 5.32. The standard InChI is InChI=1S/C22H18BrN5O3/c1-31-18-5-3-2-4-15(18)17-12-16(13-6-8-14(23)9-7-13)24-21-25-22(26-28(17)21)27-19(29)10-11-20(27)30/h2-9,12,17H,10-11H2,1H3,(H,24,25,26). The number of benzene rings is 2. The Kier molecular flexibility index (Phi) is 4.82. The zero-order valence-electron chi connectivity index (χ0n) is 16.6. The molecule has 1 atom stereocenters. The van der Waals surface area contributed by atoms with Gasteiger partial charge >= 0.3 is 0 Å². The highest BCUT2D eigenvalue weighted by atomic mass is 79.9. The fourth-order valence-electron chi connectivity index (χ4n) is 3.81. The molecule has 1 saturated heterocycles. The molecule has 1 fully saturated rings. The van der Waals surface area contributed by atoms with Gasteiger partial charge in [0.2, 0.25) is 17.8 Å². The minimum atomic E-state index is -0.347. The highest BCUT2D eigenvalue weighted by Gasteiger charge is 2.36. The van der Waals surface area contributed by atoms with Crippen LogP contribution >= 0.6 is 15.9 Å². The summed E-state index contributed by atoms with van der Waals surface area (Å²) in [6, 6.07) is 15.2. The van der Waals surface area contributed by atoms with Gasteiger partial charge in [-0.25, -0.2) is 9.58 Å². The molecule has 1 unspecified atom stereocenters. The van der Waals surface area contributed by atoms with Gasteiger partial charge in [-0.3, -0.25) is 9.59 Å². The molecule has 0 radical (unpaired) electrons. The molecule has 0 saturated carbocycles. The van der Waals surface area contributed by atoms with Crippen LogP contribution in [-0.2, 0) is 9.59 Å². The Morgan fingerprint density at radius 2 is 1.77 bits per heavy atom. The van der Waals surface area contributed by atoms with Gasteiger partial charge in [-0.15, -0.1) is 5.10 Å². The summed E-state index contributed by atoms with van der Waals surface area (Å²) in [6.45, 7) is 0. The number of aromatic nitrogens is 3. The number of fused-ring (bicyclic) bond motifs is 1. The van der Waals surface area contributed by atoms with E-state index in [4.69, 9.17) is 4.74 Å². The maximum absolute atomic E-state index is 12.2. The summed E-state index contributed by atoms with van der Waals surface area (Å²) in [7, 11) is 1.62. The van der Waals surface area contributed by atoms with Crippen molar-refractivity contribution in [1.29, 1.82) is 0 Å². The van der Waals surface area contributed by atoms with Gasteiger partial charge in [0.25, 0.3) is 5.95 Å². The Morgan fingerprint density at radius 3 is 2.48 bits per heavy atom. The quantitative estimate of drug-likeness (QED) is 0.573. The van der Waals surface area contributed by atoms with Gasteiger partial charge in [0.1, 0.15) is 11.8 Å². The van der Waals surface area contributed by atoms with E-state index in [0.29, 0.717) is 11.7 Å². The molecule has 31 heavy (non-hydrogen) atoms. The number of imide groups is 1. The highest BCUT2D eigenvalue weighted by Crippen LogP contribution is 2.37. The molecule has 2 aliphatic rings. The highest BCUT2D eigenvalue weighted by molar-refractivity contribution is 9.10. The second-order valence-corrected chi connectivity index (χ2v) is 8.12. The van der Waals surface area contributed by atoms with Crippen molar-refractivity contribution in [1.82, 2.24) is 14.8 Å². The van der Waals surface area contributed by atoms with E-state index in [1.807, 2.05) is 54.6 Å². The summed E-state index contributed by atoms with van der Waals surface area (Å²) < 4.78 is 8.23. The molecule has 1 aromatic heterocycles. The second-order valence-electron chi connectivity index (χ2n) is 7.20. The molecular formula is C22H18BrN5O3. The van der Waals surface area contributed by atoms with Gasteiger partial charge in [-0.1, -0.05) is 46.3 Å². The zero-order valence-corrected chi connectivity index (χ0v) is 18.2. The molecule has 8 nitrogen and oxygen atoms in total. The number of allylic oxidation sites excluding steroid dienone is 1. The lowest BCUT2D eigenvalue weighted by atomic mass is 10.0. The number of halogens is 1. The predicted octanol–water partition coefficient (Wildman–Crippen LogP) is 3.76. The average molecular weight is 480 g/mol. The summed E-state index contributed by atoms with van der Waals surface area (Å²) in [5, 5.41) is 7.82. The lowest BCUT2D eigenvalue weighted by Gasteiger charge is -2.25. The molecule has 0 spiro atoms. The van der Waals surface area contributed by atoms with Crippen LogP contribution in [0.25, 0.3) is 5.70 Å². The number of amides is 2. The van der Waals surface area contributed by atoms with Crippen LogP contribution in [0.1, 0.15) is 30.0 Å². The first-order valence-electron chi connectivity index (χ1n) is 9.75. The Bertz CT molecular complexity index is 1200. The predicted molar refractivity (Wildman–Crippen MR) is 119 cm³/mol. The van der Waals surface area contributed by atoms with Crippen molar-refractivity contribution in [2.75, 3.05) is 17.3 Å². The van der Waals surface area contributed by atoms with Crippen LogP contribution in [0.2, 0.25) is 0 Å². The van der Waals surface area contributed by atoms with Crippen LogP contribution in [0.5, 0.6) is 5.75 Å². The molecule has 156 valence electrons. The fourth-order valence-corrected chi connectivity index (χ4v) is 4.07. The van der Waals surface area contributed by atoms with Crippen molar-refractivity contribution in [2.45, 2.75) is 18.9 Å². The van der Waals surface area contributed by atoms with E-state index in [-0.39, 0.29) is 36.6 Å². The number of methoxy groups -OCH3 is 1. The zero-order chi connectivity index (χ0) is 21.5. The molecule has 0 bridgehead atoms. The molecule has 2 amide bonds. The van der Waals surface area contributed by atoms with Gasteiger partial charge in [0, 0.05) is 28.6 Å². The van der Waals surface area contributed by atoms with Crippen LogP contribution in [-0.4, -0.2) is 33.7 Å². The van der Waals surface area contributed by atoms with Gasteiger partial charge in [-0.05, 0) is 29.8 Å². The van der Waals surface area contributed by atoms with Crippen LogP contribution in [0.15, 0.2) is 59.1 Å². The van der Waals surface area contributed by atoms with Gasteiger partial charge in [0.15, 0.2) is 0 Å². The SMILES string of the molecule is COc1ccccc1C1C=C(c2ccc(Br)cc2)Nc2nc(N3C(=O)CCC3=O)nn21. The number of anilines is 2. The van der Waals surface area contributed by atoms with Crippen molar-refractivity contribution >= 4 is 45.3 Å². The van der Waals surface area contributed by atoms with Crippen LogP contribution in [0.3, 0.4) is 0 Å². The molecule has 0 aliphatic carbocycles. The molecule has 5 rings (SSSR count). The van der Waals surface area contributed by atoms with E-state index in [9.17, 15) is 9.59 Å². The molecular weight excluding hydrogens is 462 g/mol. The van der Waals surface area contributed by atoms with E-state index in [1.54, 1.807) is 11.8 Å². The maximum atomic E-state index is 12.2. The molecule has 2 aliphatic heterocycles. The number of hydrogen-bond acceptors (Lipinski definition) is 6. The fraction of sp³-hybridized carbons (Fsp3) is 0.182. The van der Waals surface area contributed by atoms with E-state index in [1.165, 1.54) is 0 Å². The largest absolute Gasteiger partial charge is 0.496 e. The molecule has 3 heterocycles. The Balaban J connectivity index is 1.64. The summed E-state index contributed by atoms with van der Waals surface area (Å²) in [5.41, 5.74) is 2.69. The number of ether oxygens (including phenoxy) is 1. The molecule has 2 aromatic carbocycles. The number of carbonyl (C=O) groups is 2. The van der Waals surface area contributed by atoms with Crippen molar-refractivity contribution in [3.63, 3.8) is 0 Å². The minimum absolute atomic E-state index is 0.0837. The lowest BCUT2D eigenvalue weighted by molar-refractivity contribution is -0.121. The van der Waals surface area contributed by atoms with Crippen LogP contribution in [0.4, 0.5) is 11.9 Å². The third-order valence-corrected chi connectivity index (χ3v) is 5.85. The van der Waals surface area contributed by atoms with Crippen LogP contribution < -0.4 is 15.0 Å². The van der Waals surface area contributed by atoms with Gasteiger partial charge in [-0.2, -0.15) is 4.98 Å². The first kappa shape index (κ1) is 19.5. The second kappa shape index (κ2) is 7.66. The summed E-state index contributed by atoms with van der Waals surface area (Å²) in [4.78, 5) is 30.0. The number of carbonyl (C=O) groups excluding carboxylic acids is 2. The van der Waals surface area contributed by atoms with Gasteiger partial charge < -0.3 is 10.1 Å². The van der Waals surface area contributed by atoms with E-state index in [2.05, 4.69) is 31.3 Å². The topological polar surface area (TPSA) is 89.3 Å². The monoisotopic (exact) mass is 479 g/mol. The number of nitrogens with one attached hydrogen (secondary N) is 1. The van der Waals surface area contributed by atoms with E-state index >= 15 is 0 Å². The number of rotatable bonds is 4. The van der Waals surface area contributed by atoms with Crippen molar-refractivity contribution in [3.8, 4) is 5.75 Å². The maximum Gasteiger partial charge on any atom is 0.260 e. The van der Waals surface area contributed by atoms with Crippen molar-refractivity contribution < 1.29 is 14.3 Å². The van der Waals surface area contributed by atoms with Crippen LogP contribution in [0, 0.1) is 0 Å². The van der Waals surface area contributed by atoms with Gasteiger partial charge in [0.05, 0.1) is 7.11 Å². The third kappa shape index (κ3) is 3.40. The minimum Gasteiger partial charge on any atom is -0.496 e. The summed E-state index contributed by atoms with van der Waals surface area (Å²) >= 11 is 3.46. The number of nitrogens with zero attached hydrogens (tertiary/aromatic N) is 4. The Labute approximate surface area is 186 Å². The Morgan fingerprint density at radius 1 is 1.06 bits per heavy atom. The summed E-state index contributed by atoms with van der Waals surface area (Å²) in [5.74, 6) is 0.655.